The van der Waals surface area contributed by atoms with Gasteiger partial charge in [-0.1, -0.05) is 6.08 Å². The summed E-state index contributed by atoms with van der Waals surface area (Å²) in [6.07, 6.45) is 8.32. The number of hydrogen-bond donors (Lipinski definition) is 1. The van der Waals surface area contributed by atoms with Crippen molar-refractivity contribution in [1.29, 1.82) is 0 Å². The first kappa shape index (κ1) is 9.66. The van der Waals surface area contributed by atoms with Crippen LogP contribution in [-0.2, 0) is 9.53 Å². The quantitative estimate of drug-likeness (QED) is 0.751. The van der Waals surface area contributed by atoms with Crippen molar-refractivity contribution in [3.8, 4) is 0 Å². The monoisotopic (exact) mass is 230 g/mol. The van der Waals surface area contributed by atoms with Gasteiger partial charge in [0.15, 0.2) is 0 Å². The van der Waals surface area contributed by atoms with Crippen molar-refractivity contribution in [2.45, 2.75) is 37.9 Å². The Labute approximate surface area is 99.5 Å². The van der Waals surface area contributed by atoms with E-state index >= 15 is 0 Å². The molecule has 3 heteroatoms. The van der Waals surface area contributed by atoms with Crippen molar-refractivity contribution >= 4 is 5.97 Å². The van der Waals surface area contributed by atoms with E-state index in [4.69, 9.17) is 9.84 Å². The van der Waals surface area contributed by atoms with Crippen LogP contribution in [0.3, 0.4) is 0 Å². The lowest BCUT2D eigenvalue weighted by Gasteiger charge is -2.42. The number of ether oxygens (including phenoxy) is 1. The Morgan fingerprint density at radius 1 is 1.35 bits per heavy atom. The predicted octanol–water partition coefficient (Wildman–Crippen LogP) is 2.21. The van der Waals surface area contributed by atoms with Gasteiger partial charge >= 0.3 is 5.97 Å². The molecule has 17 heavy (non-hydrogen) atoms. The van der Waals surface area contributed by atoms with E-state index in [1.165, 1.54) is 17.6 Å². The van der Waals surface area contributed by atoms with Crippen LogP contribution in [0.2, 0.25) is 0 Å². The second kappa shape index (κ2) is 3.10. The van der Waals surface area contributed by atoms with Gasteiger partial charge in [0.05, 0.1) is 17.8 Å². The molecule has 0 saturated heterocycles. The second-order valence-electron chi connectivity index (χ2n) is 5.33. The molecule has 0 bridgehead atoms. The smallest absolute Gasteiger partial charge is 0.335 e. The summed E-state index contributed by atoms with van der Waals surface area (Å²) in [5.41, 5.74) is 4.47. The number of aliphatic carboxylic acids is 1. The highest BCUT2D eigenvalue weighted by atomic mass is 16.5. The molecule has 1 N–H and O–H groups in total. The number of carbonyl (C=O) groups is 1. The van der Waals surface area contributed by atoms with E-state index in [2.05, 4.69) is 0 Å². The molecule has 0 spiro atoms. The normalized spacial score (nSPS) is 37.8. The van der Waals surface area contributed by atoms with E-state index in [0.29, 0.717) is 18.1 Å². The Morgan fingerprint density at radius 3 is 3.06 bits per heavy atom. The van der Waals surface area contributed by atoms with Gasteiger partial charge in [-0.2, -0.15) is 0 Å². The Balaban J connectivity index is 1.79. The first-order chi connectivity index (χ1) is 8.24. The van der Waals surface area contributed by atoms with Crippen molar-refractivity contribution in [3.63, 3.8) is 0 Å². The summed E-state index contributed by atoms with van der Waals surface area (Å²) in [6.45, 7) is 0. The molecule has 0 aromatic heterocycles. The van der Waals surface area contributed by atoms with Gasteiger partial charge in [0.2, 0.25) is 0 Å². The second-order valence-corrected chi connectivity index (χ2v) is 5.33. The Kier molecular flexibility index (Phi) is 1.76. The van der Waals surface area contributed by atoms with Crippen molar-refractivity contribution < 1.29 is 14.6 Å². The fourth-order valence-corrected chi connectivity index (χ4v) is 3.68. The number of rotatable bonds is 1. The maximum atomic E-state index is 11.0. The fourth-order valence-electron chi connectivity index (χ4n) is 3.68. The molecule has 3 atom stereocenters. The molecule has 3 aliphatic carbocycles. The highest BCUT2D eigenvalue weighted by Crippen LogP contribution is 2.55. The molecule has 88 valence electrons. The molecule has 3 nitrogen and oxygen atoms in total. The van der Waals surface area contributed by atoms with Crippen molar-refractivity contribution in [3.05, 3.63) is 34.4 Å². The van der Waals surface area contributed by atoms with Gasteiger partial charge in [-0.3, -0.25) is 0 Å². The maximum absolute atomic E-state index is 11.0. The molecule has 0 radical (unpaired) electrons. The summed E-state index contributed by atoms with van der Waals surface area (Å²) in [5, 5.41) is 9.05. The molecule has 3 unspecified atom stereocenters. The average molecular weight is 230 g/mol. The average Bonchev–Trinajstić information content (AvgIpc) is 2.62. The minimum absolute atomic E-state index is 0.112. The molecular formula is C14H14O3. The molecule has 4 aliphatic rings. The summed E-state index contributed by atoms with van der Waals surface area (Å²) < 4.78 is 6.08. The molecule has 0 aromatic carbocycles. The maximum Gasteiger partial charge on any atom is 0.335 e. The number of hydrogen-bond acceptors (Lipinski definition) is 2. The van der Waals surface area contributed by atoms with Gasteiger partial charge in [-0.25, -0.2) is 4.79 Å². The number of fused-ring (bicyclic) bond motifs is 2. The molecule has 1 fully saturated rings. The van der Waals surface area contributed by atoms with Crippen LogP contribution in [0.15, 0.2) is 34.4 Å². The van der Waals surface area contributed by atoms with Gasteiger partial charge in [-0.15, -0.1) is 0 Å². The van der Waals surface area contributed by atoms with Crippen LogP contribution in [0, 0.1) is 5.92 Å². The third-order valence-electron chi connectivity index (χ3n) is 4.50. The molecule has 1 saturated carbocycles. The van der Waals surface area contributed by atoms with Crippen LogP contribution in [0.1, 0.15) is 25.7 Å². The van der Waals surface area contributed by atoms with E-state index in [0.717, 1.165) is 24.3 Å². The largest absolute Gasteiger partial charge is 0.478 e. The van der Waals surface area contributed by atoms with Gasteiger partial charge in [0, 0.05) is 0 Å². The Bertz CT molecular complexity index is 510. The topological polar surface area (TPSA) is 46.5 Å². The number of carboxylic acids is 1. The zero-order valence-corrected chi connectivity index (χ0v) is 9.48. The summed E-state index contributed by atoms with van der Waals surface area (Å²) >= 11 is 0. The van der Waals surface area contributed by atoms with Gasteiger partial charge < -0.3 is 9.84 Å². The van der Waals surface area contributed by atoms with Crippen molar-refractivity contribution in [2.24, 2.45) is 5.92 Å². The zero-order valence-electron chi connectivity index (χ0n) is 9.48. The van der Waals surface area contributed by atoms with Crippen LogP contribution in [-0.4, -0.2) is 23.3 Å². The highest BCUT2D eigenvalue weighted by molar-refractivity contribution is 5.90. The SMILES string of the molecule is O=C(O)C1=CCC2OC3CCC4CC(=C43)C2=C1. The molecule has 4 rings (SSSR count). The lowest BCUT2D eigenvalue weighted by Crippen LogP contribution is -2.36. The van der Waals surface area contributed by atoms with Gasteiger partial charge in [-0.05, 0) is 54.4 Å². The van der Waals surface area contributed by atoms with E-state index in [-0.39, 0.29) is 6.10 Å². The number of carboxylic acid groups (broad SMARTS) is 1. The minimum Gasteiger partial charge on any atom is -0.478 e. The Hall–Kier alpha value is -1.35. The van der Waals surface area contributed by atoms with Gasteiger partial charge in [0.25, 0.3) is 0 Å². The summed E-state index contributed by atoms with van der Waals surface area (Å²) in [5.74, 6) is -0.0954. The molecule has 0 amide bonds. The van der Waals surface area contributed by atoms with Crippen molar-refractivity contribution in [2.75, 3.05) is 0 Å². The minimum atomic E-state index is -0.828. The fraction of sp³-hybridized carbons (Fsp3) is 0.500. The van der Waals surface area contributed by atoms with E-state index < -0.39 is 5.97 Å². The molecular weight excluding hydrogens is 216 g/mol. The molecule has 0 aromatic rings. The van der Waals surface area contributed by atoms with Crippen molar-refractivity contribution in [1.82, 2.24) is 0 Å². The predicted molar refractivity (Wildman–Crippen MR) is 61.4 cm³/mol. The third kappa shape index (κ3) is 1.18. The lowest BCUT2D eigenvalue weighted by molar-refractivity contribution is -0.132. The third-order valence-corrected chi connectivity index (χ3v) is 4.50. The Morgan fingerprint density at radius 2 is 2.24 bits per heavy atom. The molecule has 1 heterocycles. The summed E-state index contributed by atoms with van der Waals surface area (Å²) in [4.78, 5) is 11.0. The summed E-state index contributed by atoms with van der Waals surface area (Å²) in [6, 6.07) is 0. The lowest BCUT2D eigenvalue weighted by atomic mass is 9.71. The zero-order chi connectivity index (χ0) is 11.6. The molecule has 1 aliphatic heterocycles. The van der Waals surface area contributed by atoms with E-state index in [1.54, 1.807) is 6.08 Å². The standard InChI is InChI=1S/C14H14O3/c15-14(16)8-2-3-11-9(6-8)10-5-7-1-4-12(17-11)13(7)10/h2,6-7,11-12H,1,3-5H2,(H,15,16). The van der Waals surface area contributed by atoms with Crippen LogP contribution in [0.25, 0.3) is 0 Å². The van der Waals surface area contributed by atoms with Crippen LogP contribution >= 0.6 is 0 Å². The highest BCUT2D eigenvalue weighted by Gasteiger charge is 2.47. The van der Waals surface area contributed by atoms with Crippen LogP contribution in [0.5, 0.6) is 0 Å². The first-order valence-electron chi connectivity index (χ1n) is 6.28. The van der Waals surface area contributed by atoms with Crippen LogP contribution < -0.4 is 0 Å². The summed E-state index contributed by atoms with van der Waals surface area (Å²) in [7, 11) is 0. The van der Waals surface area contributed by atoms with Gasteiger partial charge in [0.1, 0.15) is 0 Å². The van der Waals surface area contributed by atoms with E-state index in [1.807, 2.05) is 6.08 Å². The first-order valence-corrected chi connectivity index (χ1v) is 6.28. The van der Waals surface area contributed by atoms with Crippen LogP contribution in [0.4, 0.5) is 0 Å². The van der Waals surface area contributed by atoms with E-state index in [9.17, 15) is 4.79 Å².